The van der Waals surface area contributed by atoms with Gasteiger partial charge in [-0.05, 0) is 39.4 Å². The third-order valence-electron chi connectivity index (χ3n) is 1.98. The topological polar surface area (TPSA) is 41.1 Å². The fourth-order valence-corrected chi connectivity index (χ4v) is 2.49. The van der Waals surface area contributed by atoms with Crippen molar-refractivity contribution >= 4 is 17.8 Å². The highest BCUT2D eigenvalue weighted by atomic mass is 32.2. The molecular formula is C10H20N2OS. The molecule has 0 aromatic heterocycles. The van der Waals surface area contributed by atoms with Crippen molar-refractivity contribution in [2.45, 2.75) is 45.2 Å². The van der Waals surface area contributed by atoms with E-state index in [1.807, 2.05) is 32.5 Å². The number of hydrogen-bond donors (Lipinski definition) is 2. The highest BCUT2D eigenvalue weighted by Crippen LogP contribution is 2.16. The van der Waals surface area contributed by atoms with Crippen molar-refractivity contribution in [2.75, 3.05) is 11.5 Å². The molecule has 0 aromatic carbocycles. The van der Waals surface area contributed by atoms with Gasteiger partial charge in [0.1, 0.15) is 0 Å². The van der Waals surface area contributed by atoms with Gasteiger partial charge < -0.3 is 10.6 Å². The third kappa shape index (κ3) is 4.74. The zero-order valence-electron chi connectivity index (χ0n) is 9.22. The van der Waals surface area contributed by atoms with Crippen molar-refractivity contribution in [3.8, 4) is 0 Å². The van der Waals surface area contributed by atoms with Crippen LogP contribution in [0.2, 0.25) is 0 Å². The summed E-state index contributed by atoms with van der Waals surface area (Å²) in [5, 5.41) is 5.91. The van der Waals surface area contributed by atoms with Gasteiger partial charge in [-0.3, -0.25) is 0 Å². The van der Waals surface area contributed by atoms with Gasteiger partial charge in [0.05, 0.1) is 0 Å². The summed E-state index contributed by atoms with van der Waals surface area (Å²) in [6, 6.07) is 0.320. The Balaban J connectivity index is 2.25. The van der Waals surface area contributed by atoms with Gasteiger partial charge in [0.2, 0.25) is 0 Å². The predicted octanol–water partition coefficient (Wildman–Crippen LogP) is 1.98. The Bertz CT molecular complexity index is 195. The number of nitrogens with one attached hydrogen (secondary N) is 2. The molecule has 2 N–H and O–H groups in total. The minimum absolute atomic E-state index is 0.0370. The van der Waals surface area contributed by atoms with E-state index in [2.05, 4.69) is 10.6 Å². The standard InChI is InChI=1S/C10H20N2OS/c1-10(2,3)12-9(13)11-8-5-4-6-14-7-8/h8H,4-7H2,1-3H3,(H2,11,12,13). The summed E-state index contributed by atoms with van der Waals surface area (Å²) >= 11 is 1.92. The van der Waals surface area contributed by atoms with E-state index in [0.717, 1.165) is 12.2 Å². The van der Waals surface area contributed by atoms with Crippen LogP contribution in [0, 0.1) is 0 Å². The second-order valence-electron chi connectivity index (χ2n) is 4.76. The second kappa shape index (κ2) is 4.91. The number of rotatable bonds is 1. The molecular weight excluding hydrogens is 196 g/mol. The summed E-state index contributed by atoms with van der Waals surface area (Å²) in [5.74, 6) is 2.29. The Morgan fingerprint density at radius 2 is 2.14 bits per heavy atom. The maximum absolute atomic E-state index is 11.5. The second-order valence-corrected chi connectivity index (χ2v) is 5.91. The Hall–Kier alpha value is -0.380. The van der Waals surface area contributed by atoms with Gasteiger partial charge in [0.15, 0.2) is 0 Å². The van der Waals surface area contributed by atoms with E-state index >= 15 is 0 Å². The molecule has 0 spiro atoms. The molecule has 1 unspecified atom stereocenters. The van der Waals surface area contributed by atoms with Crippen molar-refractivity contribution in [2.24, 2.45) is 0 Å². The van der Waals surface area contributed by atoms with E-state index in [0.29, 0.717) is 6.04 Å². The molecule has 0 radical (unpaired) electrons. The lowest BCUT2D eigenvalue weighted by atomic mass is 10.1. The first kappa shape index (κ1) is 11.7. The molecule has 1 aliphatic heterocycles. The molecule has 0 aliphatic carbocycles. The van der Waals surface area contributed by atoms with Gasteiger partial charge in [-0.1, -0.05) is 0 Å². The van der Waals surface area contributed by atoms with Gasteiger partial charge in [0.25, 0.3) is 0 Å². The van der Waals surface area contributed by atoms with Crippen LogP contribution in [0.25, 0.3) is 0 Å². The number of thioether (sulfide) groups is 1. The van der Waals surface area contributed by atoms with Crippen LogP contribution in [0.3, 0.4) is 0 Å². The van der Waals surface area contributed by atoms with Crippen LogP contribution in [0.1, 0.15) is 33.6 Å². The smallest absolute Gasteiger partial charge is 0.315 e. The first-order valence-corrected chi connectivity index (χ1v) is 6.29. The molecule has 1 heterocycles. The molecule has 1 rings (SSSR count). The van der Waals surface area contributed by atoms with Crippen LogP contribution < -0.4 is 10.6 Å². The molecule has 1 fully saturated rings. The molecule has 14 heavy (non-hydrogen) atoms. The Kier molecular flexibility index (Phi) is 4.11. The van der Waals surface area contributed by atoms with Gasteiger partial charge in [-0.25, -0.2) is 4.79 Å². The van der Waals surface area contributed by atoms with E-state index in [-0.39, 0.29) is 11.6 Å². The number of carbonyl (C=O) groups excluding carboxylic acids is 1. The summed E-state index contributed by atoms with van der Waals surface area (Å²) in [6.07, 6.45) is 2.33. The Morgan fingerprint density at radius 1 is 1.43 bits per heavy atom. The number of carbonyl (C=O) groups is 1. The summed E-state index contributed by atoms with van der Waals surface area (Å²) < 4.78 is 0. The van der Waals surface area contributed by atoms with E-state index < -0.39 is 0 Å². The summed E-state index contributed by atoms with van der Waals surface area (Å²) in [7, 11) is 0. The lowest BCUT2D eigenvalue weighted by Gasteiger charge is -2.26. The number of urea groups is 1. The minimum Gasteiger partial charge on any atom is -0.335 e. The zero-order valence-corrected chi connectivity index (χ0v) is 10.0. The zero-order chi connectivity index (χ0) is 10.6. The highest BCUT2D eigenvalue weighted by molar-refractivity contribution is 7.99. The van der Waals surface area contributed by atoms with E-state index in [9.17, 15) is 4.79 Å². The molecule has 4 heteroatoms. The van der Waals surface area contributed by atoms with Crippen molar-refractivity contribution in [1.82, 2.24) is 10.6 Å². The molecule has 0 saturated carbocycles. The maximum Gasteiger partial charge on any atom is 0.315 e. The lowest BCUT2D eigenvalue weighted by Crippen LogP contribution is -2.50. The van der Waals surface area contributed by atoms with Gasteiger partial charge >= 0.3 is 6.03 Å². The molecule has 1 aliphatic rings. The van der Waals surface area contributed by atoms with E-state index in [4.69, 9.17) is 0 Å². The molecule has 0 bridgehead atoms. The van der Waals surface area contributed by atoms with Gasteiger partial charge in [-0.15, -0.1) is 0 Å². The van der Waals surface area contributed by atoms with Gasteiger partial charge in [-0.2, -0.15) is 11.8 Å². The first-order valence-electron chi connectivity index (χ1n) is 5.14. The molecule has 2 amide bonds. The summed E-state index contributed by atoms with van der Waals surface area (Å²) in [6.45, 7) is 5.96. The van der Waals surface area contributed by atoms with Crippen LogP contribution in [-0.4, -0.2) is 29.1 Å². The van der Waals surface area contributed by atoms with E-state index in [1.54, 1.807) is 0 Å². The van der Waals surface area contributed by atoms with Crippen molar-refractivity contribution < 1.29 is 4.79 Å². The summed E-state index contributed by atoms with van der Waals surface area (Å²) in [4.78, 5) is 11.5. The van der Waals surface area contributed by atoms with Crippen LogP contribution >= 0.6 is 11.8 Å². The average Bonchev–Trinajstić information content (AvgIpc) is 2.02. The van der Waals surface area contributed by atoms with Crippen LogP contribution in [0.15, 0.2) is 0 Å². The van der Waals surface area contributed by atoms with Crippen LogP contribution in [0.5, 0.6) is 0 Å². The fraction of sp³-hybridized carbons (Fsp3) is 0.900. The number of hydrogen-bond acceptors (Lipinski definition) is 2. The SMILES string of the molecule is CC(C)(C)NC(=O)NC1CCCSC1. The van der Waals surface area contributed by atoms with E-state index in [1.165, 1.54) is 12.2 Å². The predicted molar refractivity (Wildman–Crippen MR) is 61.8 cm³/mol. The monoisotopic (exact) mass is 216 g/mol. The molecule has 82 valence electrons. The molecule has 1 saturated heterocycles. The van der Waals surface area contributed by atoms with Crippen molar-refractivity contribution in [3.63, 3.8) is 0 Å². The largest absolute Gasteiger partial charge is 0.335 e. The van der Waals surface area contributed by atoms with Crippen molar-refractivity contribution in [1.29, 1.82) is 0 Å². The lowest BCUT2D eigenvalue weighted by molar-refractivity contribution is 0.228. The Morgan fingerprint density at radius 3 is 2.64 bits per heavy atom. The number of amides is 2. The Labute approximate surface area is 90.4 Å². The average molecular weight is 216 g/mol. The quantitative estimate of drug-likeness (QED) is 0.703. The fourth-order valence-electron chi connectivity index (χ4n) is 1.42. The third-order valence-corrected chi connectivity index (χ3v) is 3.20. The summed E-state index contributed by atoms with van der Waals surface area (Å²) in [5.41, 5.74) is -0.147. The van der Waals surface area contributed by atoms with Crippen LogP contribution in [-0.2, 0) is 0 Å². The minimum atomic E-state index is -0.147. The first-order chi connectivity index (χ1) is 6.47. The highest BCUT2D eigenvalue weighted by Gasteiger charge is 2.18. The molecule has 3 nitrogen and oxygen atoms in total. The normalized spacial score (nSPS) is 22.9. The van der Waals surface area contributed by atoms with Crippen LogP contribution in [0.4, 0.5) is 4.79 Å². The van der Waals surface area contributed by atoms with Gasteiger partial charge in [0, 0.05) is 17.3 Å². The van der Waals surface area contributed by atoms with Crippen molar-refractivity contribution in [3.05, 3.63) is 0 Å². The maximum atomic E-state index is 11.5. The molecule has 1 atom stereocenters. The molecule has 0 aromatic rings.